The normalized spacial score (nSPS) is 20.7. The van der Waals surface area contributed by atoms with Gasteiger partial charge in [0.2, 0.25) is 10.0 Å². The average molecular weight is 310 g/mol. The third kappa shape index (κ3) is 3.30. The first-order valence-electron chi connectivity index (χ1n) is 7.70. The Morgan fingerprint density at radius 3 is 2.67 bits per heavy atom. The molecule has 1 saturated heterocycles. The molecule has 0 radical (unpaired) electrons. The minimum atomic E-state index is -3.41. The Hall–Kier alpha value is -0.910. The van der Waals surface area contributed by atoms with Gasteiger partial charge in [0.1, 0.15) is 0 Å². The molecule has 0 saturated carbocycles. The fraction of sp³-hybridized carbons (Fsp3) is 0.625. The lowest BCUT2D eigenvalue weighted by molar-refractivity contribution is 0.261. The number of benzene rings is 1. The van der Waals surface area contributed by atoms with Crippen LogP contribution in [0, 0.1) is 19.8 Å². The summed E-state index contributed by atoms with van der Waals surface area (Å²) in [4.78, 5) is 0.430. The Morgan fingerprint density at radius 1 is 1.33 bits per heavy atom. The summed E-state index contributed by atoms with van der Waals surface area (Å²) in [6.07, 6.45) is 3.11. The molecule has 1 atom stereocenters. The van der Waals surface area contributed by atoms with Crippen molar-refractivity contribution < 1.29 is 8.42 Å². The van der Waals surface area contributed by atoms with E-state index in [-0.39, 0.29) is 0 Å². The Morgan fingerprint density at radius 2 is 2.05 bits per heavy atom. The first-order valence-corrected chi connectivity index (χ1v) is 9.14. The summed E-state index contributed by atoms with van der Waals surface area (Å²) in [5.74, 6) is 0.479. The third-order valence-electron chi connectivity index (χ3n) is 4.59. The van der Waals surface area contributed by atoms with E-state index in [9.17, 15) is 8.42 Å². The maximum atomic E-state index is 13.0. The molecule has 0 amide bonds. The van der Waals surface area contributed by atoms with Gasteiger partial charge in [0.25, 0.3) is 0 Å². The van der Waals surface area contributed by atoms with Crippen LogP contribution in [0.3, 0.4) is 0 Å². The van der Waals surface area contributed by atoms with E-state index >= 15 is 0 Å². The number of hydrogen-bond acceptors (Lipinski definition) is 3. The van der Waals surface area contributed by atoms with Gasteiger partial charge in [0.15, 0.2) is 0 Å². The molecule has 2 rings (SSSR count). The number of hydrogen-bond donors (Lipinski definition) is 1. The predicted molar refractivity (Wildman–Crippen MR) is 85.6 cm³/mol. The van der Waals surface area contributed by atoms with Crippen molar-refractivity contribution >= 4 is 10.0 Å². The van der Waals surface area contributed by atoms with Crippen molar-refractivity contribution in [3.63, 3.8) is 0 Å². The summed E-state index contributed by atoms with van der Waals surface area (Å²) in [5.41, 5.74) is 8.40. The van der Waals surface area contributed by atoms with Gasteiger partial charge in [-0.1, -0.05) is 19.4 Å². The largest absolute Gasteiger partial charge is 0.326 e. The second kappa shape index (κ2) is 6.46. The molecular formula is C16H26N2O2S. The van der Waals surface area contributed by atoms with Crippen molar-refractivity contribution in [3.05, 3.63) is 28.8 Å². The van der Waals surface area contributed by atoms with E-state index in [1.165, 1.54) is 0 Å². The fourth-order valence-electron chi connectivity index (χ4n) is 3.00. The van der Waals surface area contributed by atoms with E-state index in [0.29, 0.717) is 30.4 Å². The zero-order chi connectivity index (χ0) is 15.6. The minimum Gasteiger partial charge on any atom is -0.326 e. The Kier molecular flexibility index (Phi) is 5.07. The lowest BCUT2D eigenvalue weighted by Gasteiger charge is -2.32. The van der Waals surface area contributed by atoms with Crippen LogP contribution in [0.4, 0.5) is 0 Å². The smallest absolute Gasteiger partial charge is 0.243 e. The fourth-order valence-corrected chi connectivity index (χ4v) is 4.91. The minimum absolute atomic E-state index is 0.362. The number of nitrogens with two attached hydrogens (primary N) is 1. The molecule has 1 unspecified atom stereocenters. The van der Waals surface area contributed by atoms with E-state index in [1.54, 1.807) is 10.4 Å². The molecule has 0 bridgehead atoms. The summed E-state index contributed by atoms with van der Waals surface area (Å²) in [6, 6.07) is 3.71. The Labute approximate surface area is 128 Å². The molecule has 1 heterocycles. The molecule has 118 valence electrons. The van der Waals surface area contributed by atoms with Gasteiger partial charge in [-0.25, -0.2) is 8.42 Å². The van der Waals surface area contributed by atoms with Crippen molar-refractivity contribution in [1.82, 2.24) is 4.31 Å². The summed E-state index contributed by atoms with van der Waals surface area (Å²) < 4.78 is 27.6. The predicted octanol–water partition coefficient (Wildman–Crippen LogP) is 2.57. The molecular weight excluding hydrogens is 284 g/mol. The number of piperidine rings is 1. The molecule has 4 nitrogen and oxygen atoms in total. The Bertz CT molecular complexity index is 611. The van der Waals surface area contributed by atoms with Crippen LogP contribution in [0.1, 0.15) is 42.9 Å². The molecule has 1 aliphatic heterocycles. The van der Waals surface area contributed by atoms with Gasteiger partial charge in [0.05, 0.1) is 4.90 Å². The van der Waals surface area contributed by atoms with Crippen LogP contribution >= 0.6 is 0 Å². The van der Waals surface area contributed by atoms with Crippen LogP contribution in [-0.4, -0.2) is 25.8 Å². The second-order valence-electron chi connectivity index (χ2n) is 6.02. The van der Waals surface area contributed by atoms with E-state index in [1.807, 2.05) is 19.9 Å². The maximum Gasteiger partial charge on any atom is 0.243 e. The van der Waals surface area contributed by atoms with E-state index in [0.717, 1.165) is 36.0 Å². The summed E-state index contributed by atoms with van der Waals surface area (Å²) in [6.45, 7) is 7.59. The first kappa shape index (κ1) is 16.5. The van der Waals surface area contributed by atoms with Crippen LogP contribution < -0.4 is 5.73 Å². The number of nitrogens with zero attached hydrogens (tertiary/aromatic N) is 1. The third-order valence-corrected chi connectivity index (χ3v) is 6.58. The van der Waals surface area contributed by atoms with Crippen molar-refractivity contribution in [2.45, 2.75) is 51.5 Å². The zero-order valence-corrected chi connectivity index (χ0v) is 14.0. The quantitative estimate of drug-likeness (QED) is 0.929. The zero-order valence-electron chi connectivity index (χ0n) is 13.2. The van der Waals surface area contributed by atoms with E-state index in [4.69, 9.17) is 5.73 Å². The van der Waals surface area contributed by atoms with E-state index in [2.05, 4.69) is 6.92 Å². The van der Waals surface area contributed by atoms with Gasteiger partial charge in [-0.3, -0.25) is 0 Å². The molecule has 1 fully saturated rings. The van der Waals surface area contributed by atoms with Crippen LogP contribution in [0.5, 0.6) is 0 Å². The highest BCUT2D eigenvalue weighted by Crippen LogP contribution is 2.28. The monoisotopic (exact) mass is 310 g/mol. The molecule has 1 aliphatic rings. The molecule has 5 heteroatoms. The van der Waals surface area contributed by atoms with Gasteiger partial charge in [0, 0.05) is 19.6 Å². The number of sulfonamides is 1. The molecule has 0 spiro atoms. The number of rotatable bonds is 4. The maximum absolute atomic E-state index is 13.0. The number of aryl methyl sites for hydroxylation is 1. The highest BCUT2D eigenvalue weighted by molar-refractivity contribution is 7.89. The summed E-state index contributed by atoms with van der Waals surface area (Å²) in [5, 5.41) is 0. The lowest BCUT2D eigenvalue weighted by atomic mass is 9.97. The molecule has 2 N–H and O–H groups in total. The van der Waals surface area contributed by atoms with Crippen LogP contribution in [0.25, 0.3) is 0 Å². The average Bonchev–Trinajstić information content (AvgIpc) is 2.49. The van der Waals surface area contributed by atoms with Crippen LogP contribution in [-0.2, 0) is 16.6 Å². The van der Waals surface area contributed by atoms with Gasteiger partial charge >= 0.3 is 0 Å². The van der Waals surface area contributed by atoms with Gasteiger partial charge in [-0.05, 0) is 55.4 Å². The standard InChI is InChI=1S/C16H26N2O2S/c1-4-14-6-5-7-18(11-14)21(19,20)16-9-15(10-17)8-12(2)13(16)3/h8-9,14H,4-7,10-11,17H2,1-3H3. The van der Waals surface area contributed by atoms with Gasteiger partial charge < -0.3 is 5.73 Å². The van der Waals surface area contributed by atoms with Crippen molar-refractivity contribution in [3.8, 4) is 0 Å². The SMILES string of the molecule is CCC1CCCN(S(=O)(=O)c2cc(CN)cc(C)c2C)C1. The molecule has 1 aromatic rings. The molecule has 1 aromatic carbocycles. The highest BCUT2D eigenvalue weighted by Gasteiger charge is 2.31. The van der Waals surface area contributed by atoms with Gasteiger partial charge in [-0.2, -0.15) is 4.31 Å². The van der Waals surface area contributed by atoms with Crippen LogP contribution in [0.15, 0.2) is 17.0 Å². The van der Waals surface area contributed by atoms with E-state index < -0.39 is 10.0 Å². The first-order chi connectivity index (χ1) is 9.90. The second-order valence-corrected chi connectivity index (χ2v) is 7.93. The topological polar surface area (TPSA) is 63.4 Å². The highest BCUT2D eigenvalue weighted by atomic mass is 32.2. The van der Waals surface area contributed by atoms with Crippen molar-refractivity contribution in [2.24, 2.45) is 11.7 Å². The molecule has 0 aromatic heterocycles. The Balaban J connectivity index is 2.41. The van der Waals surface area contributed by atoms with Crippen molar-refractivity contribution in [1.29, 1.82) is 0 Å². The molecule has 21 heavy (non-hydrogen) atoms. The lowest BCUT2D eigenvalue weighted by Crippen LogP contribution is -2.40. The summed E-state index contributed by atoms with van der Waals surface area (Å²) >= 11 is 0. The molecule has 0 aliphatic carbocycles. The van der Waals surface area contributed by atoms with Gasteiger partial charge in [-0.15, -0.1) is 0 Å². The van der Waals surface area contributed by atoms with Crippen LogP contribution in [0.2, 0.25) is 0 Å². The summed E-state index contributed by atoms with van der Waals surface area (Å²) in [7, 11) is -3.41. The van der Waals surface area contributed by atoms with Crippen molar-refractivity contribution in [2.75, 3.05) is 13.1 Å².